The molecule has 0 aliphatic rings. The van der Waals surface area contributed by atoms with E-state index in [-0.39, 0.29) is 30.5 Å². The van der Waals surface area contributed by atoms with Crippen LogP contribution in [-0.2, 0) is 4.79 Å². The second kappa shape index (κ2) is 8.83. The van der Waals surface area contributed by atoms with Crippen molar-refractivity contribution in [3.05, 3.63) is 64.1 Å². The number of benzene rings is 2. The molecule has 0 bridgehead atoms. The van der Waals surface area contributed by atoms with Crippen molar-refractivity contribution in [2.45, 2.75) is 6.42 Å². The Hall–Kier alpha value is -2.67. The molecule has 0 radical (unpaired) electrons. The lowest BCUT2D eigenvalue weighted by Gasteiger charge is -2.06. The molecular weight excluding hydrogens is 374 g/mol. The van der Waals surface area contributed by atoms with Crippen LogP contribution in [0.5, 0.6) is 5.75 Å². The van der Waals surface area contributed by atoms with E-state index in [2.05, 4.69) is 31.8 Å². The summed E-state index contributed by atoms with van der Waals surface area (Å²) in [6.45, 7) is 0.209. The Labute approximate surface area is 147 Å². The number of carbonyl (C=O) groups excluding carboxylic acids is 2. The van der Waals surface area contributed by atoms with Gasteiger partial charge in [-0.15, -0.1) is 0 Å². The molecule has 3 N–H and O–H groups in total. The normalized spacial score (nSPS) is 10.5. The second-order valence-electron chi connectivity index (χ2n) is 4.87. The molecule has 2 aromatic carbocycles. The molecule has 6 nitrogen and oxygen atoms in total. The van der Waals surface area contributed by atoms with Gasteiger partial charge in [0, 0.05) is 17.4 Å². The summed E-state index contributed by atoms with van der Waals surface area (Å²) >= 11 is 3.30. The lowest BCUT2D eigenvalue weighted by Crippen LogP contribution is -2.29. The van der Waals surface area contributed by atoms with Crippen molar-refractivity contribution < 1.29 is 14.7 Å². The summed E-state index contributed by atoms with van der Waals surface area (Å²) in [4.78, 5) is 23.6. The molecule has 0 fully saturated rings. The van der Waals surface area contributed by atoms with Gasteiger partial charge in [-0.05, 0) is 57.9 Å². The fourth-order valence-corrected chi connectivity index (χ4v) is 2.29. The van der Waals surface area contributed by atoms with Crippen molar-refractivity contribution in [1.82, 2.24) is 10.7 Å². The number of nitrogens with one attached hydrogen (secondary N) is 2. The van der Waals surface area contributed by atoms with Gasteiger partial charge in [0.05, 0.1) is 11.8 Å². The number of phenolic OH excluding ortho intramolecular Hbond substituents is 1. The maximum atomic E-state index is 12.0. The summed E-state index contributed by atoms with van der Waals surface area (Å²) in [5, 5.41) is 15.7. The number of carbonyl (C=O) groups is 2. The Bertz CT molecular complexity index is 745. The van der Waals surface area contributed by atoms with E-state index in [4.69, 9.17) is 5.11 Å². The predicted molar refractivity (Wildman–Crippen MR) is 94.9 cm³/mol. The topological polar surface area (TPSA) is 90.8 Å². The van der Waals surface area contributed by atoms with E-state index in [9.17, 15) is 9.59 Å². The molecule has 0 aromatic heterocycles. The second-order valence-corrected chi connectivity index (χ2v) is 5.72. The standard InChI is InChI=1S/C17H16BrN3O3/c18-15-4-2-1-3-14(15)17(24)19-10-9-16(23)21-20-11-12-5-7-13(22)8-6-12/h1-8,11,22H,9-10H2,(H,19,24)(H,21,23). The lowest BCUT2D eigenvalue weighted by atomic mass is 10.2. The Morgan fingerprint density at radius 1 is 1.12 bits per heavy atom. The molecule has 0 atom stereocenters. The summed E-state index contributed by atoms with van der Waals surface area (Å²) in [6, 6.07) is 13.5. The highest BCUT2D eigenvalue weighted by Crippen LogP contribution is 2.15. The number of hydrazone groups is 1. The first-order valence-corrected chi connectivity index (χ1v) is 7.99. The monoisotopic (exact) mass is 389 g/mol. The van der Waals surface area contributed by atoms with E-state index in [1.807, 2.05) is 6.07 Å². The van der Waals surface area contributed by atoms with Crippen LogP contribution in [0.3, 0.4) is 0 Å². The first kappa shape index (κ1) is 17.7. The summed E-state index contributed by atoms with van der Waals surface area (Å²) in [5.41, 5.74) is 3.64. The third-order valence-electron chi connectivity index (χ3n) is 3.05. The van der Waals surface area contributed by atoms with Crippen LogP contribution in [0.15, 0.2) is 58.1 Å². The number of hydrogen-bond donors (Lipinski definition) is 3. The van der Waals surface area contributed by atoms with Gasteiger partial charge in [-0.1, -0.05) is 12.1 Å². The molecule has 0 unspecified atom stereocenters. The zero-order chi connectivity index (χ0) is 17.4. The summed E-state index contributed by atoms with van der Waals surface area (Å²) < 4.78 is 0.699. The quantitative estimate of drug-likeness (QED) is 0.523. The molecule has 7 heteroatoms. The first-order chi connectivity index (χ1) is 11.6. The average molecular weight is 390 g/mol. The van der Waals surface area contributed by atoms with Crippen LogP contribution >= 0.6 is 15.9 Å². The van der Waals surface area contributed by atoms with Crippen LogP contribution in [0.4, 0.5) is 0 Å². The van der Waals surface area contributed by atoms with Gasteiger partial charge < -0.3 is 10.4 Å². The van der Waals surface area contributed by atoms with E-state index >= 15 is 0 Å². The van der Waals surface area contributed by atoms with Crippen molar-refractivity contribution in [2.75, 3.05) is 6.54 Å². The molecule has 2 amide bonds. The maximum absolute atomic E-state index is 12.0. The Morgan fingerprint density at radius 2 is 1.83 bits per heavy atom. The number of nitrogens with zero attached hydrogens (tertiary/aromatic N) is 1. The maximum Gasteiger partial charge on any atom is 0.252 e. The van der Waals surface area contributed by atoms with Crippen molar-refractivity contribution in [1.29, 1.82) is 0 Å². The molecule has 124 valence electrons. The van der Waals surface area contributed by atoms with Gasteiger partial charge >= 0.3 is 0 Å². The van der Waals surface area contributed by atoms with Gasteiger partial charge in [0.25, 0.3) is 5.91 Å². The van der Waals surface area contributed by atoms with Gasteiger partial charge in [0.1, 0.15) is 5.75 Å². The third kappa shape index (κ3) is 5.51. The molecule has 0 saturated heterocycles. The highest BCUT2D eigenvalue weighted by molar-refractivity contribution is 9.10. The van der Waals surface area contributed by atoms with Crippen molar-refractivity contribution in [3.8, 4) is 5.75 Å². The zero-order valence-corrected chi connectivity index (χ0v) is 14.3. The van der Waals surface area contributed by atoms with Crippen molar-refractivity contribution in [3.63, 3.8) is 0 Å². The number of amides is 2. The molecule has 2 aromatic rings. The lowest BCUT2D eigenvalue weighted by molar-refractivity contribution is -0.120. The smallest absolute Gasteiger partial charge is 0.252 e. The van der Waals surface area contributed by atoms with Crippen LogP contribution in [0.25, 0.3) is 0 Å². The SMILES string of the molecule is O=C(CCNC(=O)c1ccccc1Br)NN=Cc1ccc(O)cc1. The Morgan fingerprint density at radius 3 is 2.54 bits per heavy atom. The Kier molecular flexibility index (Phi) is 6.51. The van der Waals surface area contributed by atoms with Crippen LogP contribution in [0, 0.1) is 0 Å². The van der Waals surface area contributed by atoms with E-state index in [1.54, 1.807) is 30.3 Å². The Balaban J connectivity index is 1.72. The molecule has 0 saturated carbocycles. The third-order valence-corrected chi connectivity index (χ3v) is 3.74. The summed E-state index contributed by atoms with van der Waals surface area (Å²) in [5.74, 6) is -0.391. The molecule has 2 rings (SSSR count). The predicted octanol–water partition coefficient (Wildman–Crippen LogP) is 2.42. The summed E-state index contributed by atoms with van der Waals surface area (Å²) in [6.07, 6.45) is 1.58. The molecule has 0 spiro atoms. The van der Waals surface area contributed by atoms with Crippen LogP contribution in [0.1, 0.15) is 22.3 Å². The first-order valence-electron chi connectivity index (χ1n) is 7.20. The number of aromatic hydroxyl groups is 1. The van der Waals surface area contributed by atoms with Crippen LogP contribution < -0.4 is 10.7 Å². The molecule has 0 aliphatic heterocycles. The van der Waals surface area contributed by atoms with E-state index in [0.717, 1.165) is 5.56 Å². The number of rotatable bonds is 6. The summed E-state index contributed by atoms with van der Waals surface area (Å²) in [7, 11) is 0. The molecular formula is C17H16BrN3O3. The highest BCUT2D eigenvalue weighted by Gasteiger charge is 2.09. The minimum atomic E-state index is -0.308. The number of hydrogen-bond acceptors (Lipinski definition) is 4. The minimum Gasteiger partial charge on any atom is -0.508 e. The minimum absolute atomic E-state index is 0.114. The molecule has 24 heavy (non-hydrogen) atoms. The van der Waals surface area contributed by atoms with E-state index < -0.39 is 0 Å². The van der Waals surface area contributed by atoms with Crippen LogP contribution in [-0.4, -0.2) is 29.7 Å². The number of halogens is 1. The molecule has 0 aliphatic carbocycles. The van der Waals surface area contributed by atoms with Crippen molar-refractivity contribution >= 4 is 34.0 Å². The van der Waals surface area contributed by atoms with Gasteiger partial charge in [0.2, 0.25) is 5.91 Å². The van der Waals surface area contributed by atoms with Gasteiger partial charge in [-0.2, -0.15) is 5.10 Å². The van der Waals surface area contributed by atoms with Crippen molar-refractivity contribution in [2.24, 2.45) is 5.10 Å². The van der Waals surface area contributed by atoms with Gasteiger partial charge in [-0.3, -0.25) is 9.59 Å². The van der Waals surface area contributed by atoms with Crippen LogP contribution in [0.2, 0.25) is 0 Å². The number of phenols is 1. The average Bonchev–Trinajstić information content (AvgIpc) is 2.57. The fourth-order valence-electron chi connectivity index (χ4n) is 1.83. The highest BCUT2D eigenvalue weighted by atomic mass is 79.9. The largest absolute Gasteiger partial charge is 0.508 e. The molecule has 0 heterocycles. The van der Waals surface area contributed by atoms with Gasteiger partial charge in [-0.25, -0.2) is 5.43 Å². The van der Waals surface area contributed by atoms with E-state index in [1.165, 1.54) is 18.3 Å². The van der Waals surface area contributed by atoms with E-state index in [0.29, 0.717) is 10.0 Å². The fraction of sp³-hybridized carbons (Fsp3) is 0.118. The zero-order valence-electron chi connectivity index (χ0n) is 12.7. The van der Waals surface area contributed by atoms with Gasteiger partial charge in [0.15, 0.2) is 0 Å².